The first-order chi connectivity index (χ1) is 7.54. The van der Waals surface area contributed by atoms with Gasteiger partial charge in [-0.15, -0.1) is 6.58 Å². The van der Waals surface area contributed by atoms with Crippen LogP contribution in [-0.4, -0.2) is 14.8 Å². The minimum absolute atomic E-state index is 0.0861. The Morgan fingerprint density at radius 3 is 2.69 bits per heavy atom. The van der Waals surface area contributed by atoms with Gasteiger partial charge in [-0.25, -0.2) is 0 Å². The van der Waals surface area contributed by atoms with Crippen LogP contribution in [-0.2, 0) is 11.0 Å². The number of H-pyrrole nitrogens is 1. The van der Waals surface area contributed by atoms with Crippen molar-refractivity contribution in [3.63, 3.8) is 0 Å². The summed E-state index contributed by atoms with van der Waals surface area (Å²) in [5.74, 6) is 0. The van der Waals surface area contributed by atoms with Gasteiger partial charge >= 0.3 is 7.60 Å². The maximum atomic E-state index is 11.4. The number of fused-ring (bicyclic) bond motifs is 1. The lowest BCUT2D eigenvalue weighted by molar-refractivity contribution is 0.387. The summed E-state index contributed by atoms with van der Waals surface area (Å²) in [4.78, 5) is 21.7. The molecule has 0 atom stereocenters. The predicted molar refractivity (Wildman–Crippen MR) is 63.9 cm³/mol. The number of rotatable bonds is 3. The van der Waals surface area contributed by atoms with Crippen LogP contribution in [0.15, 0.2) is 36.9 Å². The summed E-state index contributed by atoms with van der Waals surface area (Å²) in [6.45, 7) is 3.58. The molecule has 0 spiro atoms. The average molecular weight is 237 g/mol. The van der Waals surface area contributed by atoms with Crippen LogP contribution in [0.4, 0.5) is 0 Å². The van der Waals surface area contributed by atoms with E-state index in [1.165, 1.54) is 0 Å². The summed E-state index contributed by atoms with van der Waals surface area (Å²) in [5, 5.41) is 0.663. The van der Waals surface area contributed by atoms with Crippen molar-refractivity contribution < 1.29 is 14.4 Å². The Bertz CT molecular complexity index is 582. The molecule has 5 heteroatoms. The third-order valence-electron chi connectivity index (χ3n) is 2.39. The molecule has 0 aliphatic carbocycles. The van der Waals surface area contributed by atoms with E-state index in [4.69, 9.17) is 0 Å². The van der Waals surface area contributed by atoms with Gasteiger partial charge in [0.1, 0.15) is 0 Å². The highest BCUT2D eigenvalue weighted by Gasteiger charge is 2.25. The van der Waals surface area contributed by atoms with E-state index in [-0.39, 0.29) is 5.30 Å². The van der Waals surface area contributed by atoms with Crippen LogP contribution in [0.1, 0.15) is 5.69 Å². The van der Waals surface area contributed by atoms with Crippen LogP contribution in [0.2, 0.25) is 0 Å². The molecule has 0 saturated heterocycles. The summed E-state index contributed by atoms with van der Waals surface area (Å²) in [7, 11) is -4.26. The molecular weight excluding hydrogens is 225 g/mol. The molecule has 0 aliphatic heterocycles. The van der Waals surface area contributed by atoms with Gasteiger partial charge in [0.15, 0.2) is 0 Å². The number of aromatic amines is 1. The van der Waals surface area contributed by atoms with Crippen LogP contribution in [0.5, 0.6) is 0 Å². The molecule has 2 rings (SSSR count). The zero-order chi connectivity index (χ0) is 11.8. The average Bonchev–Trinajstić information content (AvgIpc) is 2.55. The van der Waals surface area contributed by atoms with Gasteiger partial charge in [0, 0.05) is 23.0 Å². The number of allylic oxidation sites excluding steroid dienone is 1. The van der Waals surface area contributed by atoms with E-state index < -0.39 is 7.60 Å². The third kappa shape index (κ3) is 1.83. The molecule has 0 unspecified atom stereocenters. The van der Waals surface area contributed by atoms with Gasteiger partial charge in [-0.1, -0.05) is 24.3 Å². The van der Waals surface area contributed by atoms with Crippen molar-refractivity contribution in [3.8, 4) is 0 Å². The van der Waals surface area contributed by atoms with Gasteiger partial charge in [0.05, 0.1) is 5.30 Å². The summed E-state index contributed by atoms with van der Waals surface area (Å²) in [6.07, 6.45) is 2.03. The highest BCUT2D eigenvalue weighted by atomic mass is 31.2. The SMILES string of the molecule is C=CCc1[nH]c2ccccc2c1P(=O)(O)O. The van der Waals surface area contributed by atoms with Crippen molar-refractivity contribution in [2.75, 3.05) is 0 Å². The second-order valence-corrected chi connectivity index (χ2v) is 5.07. The molecule has 1 heterocycles. The Balaban J connectivity index is 2.79. The lowest BCUT2D eigenvalue weighted by Crippen LogP contribution is -2.08. The first-order valence-electron chi connectivity index (χ1n) is 4.80. The zero-order valence-electron chi connectivity index (χ0n) is 8.55. The number of hydrogen-bond donors (Lipinski definition) is 3. The quantitative estimate of drug-likeness (QED) is 0.562. The second-order valence-electron chi connectivity index (χ2n) is 3.53. The third-order valence-corrected chi connectivity index (χ3v) is 3.49. The van der Waals surface area contributed by atoms with E-state index in [9.17, 15) is 14.4 Å². The molecule has 0 saturated carbocycles. The first kappa shape index (κ1) is 11.1. The van der Waals surface area contributed by atoms with Crippen molar-refractivity contribution in [3.05, 3.63) is 42.6 Å². The van der Waals surface area contributed by atoms with E-state index in [2.05, 4.69) is 11.6 Å². The van der Waals surface area contributed by atoms with Crippen molar-refractivity contribution in [1.82, 2.24) is 4.98 Å². The van der Waals surface area contributed by atoms with Gasteiger partial charge < -0.3 is 14.8 Å². The van der Waals surface area contributed by atoms with E-state index in [0.29, 0.717) is 17.5 Å². The van der Waals surface area contributed by atoms with Crippen LogP contribution in [0, 0.1) is 0 Å². The number of benzene rings is 1. The Kier molecular flexibility index (Phi) is 2.72. The lowest BCUT2D eigenvalue weighted by atomic mass is 10.2. The summed E-state index contributed by atoms with van der Waals surface area (Å²) >= 11 is 0. The van der Waals surface area contributed by atoms with Crippen LogP contribution in [0.3, 0.4) is 0 Å². The molecule has 16 heavy (non-hydrogen) atoms. The van der Waals surface area contributed by atoms with Gasteiger partial charge in [0.25, 0.3) is 0 Å². The Morgan fingerprint density at radius 1 is 1.38 bits per heavy atom. The molecular formula is C11H12NO3P. The van der Waals surface area contributed by atoms with Gasteiger partial charge in [-0.2, -0.15) is 0 Å². The highest BCUT2D eigenvalue weighted by Crippen LogP contribution is 2.38. The number of aromatic nitrogens is 1. The Labute approximate surface area is 92.8 Å². The van der Waals surface area contributed by atoms with Gasteiger partial charge in [-0.3, -0.25) is 4.57 Å². The maximum Gasteiger partial charge on any atom is 0.358 e. The van der Waals surface area contributed by atoms with E-state index in [0.717, 1.165) is 5.52 Å². The fraction of sp³-hybridized carbons (Fsp3) is 0.0909. The van der Waals surface area contributed by atoms with Gasteiger partial charge in [0.2, 0.25) is 0 Å². The molecule has 1 aromatic heterocycles. The number of para-hydroxylation sites is 1. The van der Waals surface area contributed by atoms with Crippen LogP contribution in [0.25, 0.3) is 10.9 Å². The number of nitrogens with one attached hydrogen (secondary N) is 1. The molecule has 84 valence electrons. The second kappa shape index (κ2) is 3.91. The fourth-order valence-electron chi connectivity index (χ4n) is 1.81. The minimum Gasteiger partial charge on any atom is -0.357 e. The predicted octanol–water partition coefficient (Wildman–Crippen LogP) is 1.70. The Hall–Kier alpha value is -1.35. The highest BCUT2D eigenvalue weighted by molar-refractivity contribution is 7.61. The minimum atomic E-state index is -4.26. The molecule has 3 N–H and O–H groups in total. The summed E-state index contributed by atoms with van der Waals surface area (Å²) in [5.41, 5.74) is 1.27. The molecule has 0 aliphatic rings. The standard InChI is InChI=1S/C11H12NO3P/c1-2-5-10-11(16(13,14)15)8-6-3-4-7-9(8)12-10/h2-4,6-7,12H,1,5H2,(H2,13,14,15). The lowest BCUT2D eigenvalue weighted by Gasteiger charge is -2.04. The topological polar surface area (TPSA) is 73.3 Å². The van der Waals surface area contributed by atoms with Crippen molar-refractivity contribution in [2.45, 2.75) is 6.42 Å². The van der Waals surface area contributed by atoms with Crippen molar-refractivity contribution in [2.24, 2.45) is 0 Å². The molecule has 0 fully saturated rings. The molecule has 2 aromatic rings. The van der Waals surface area contributed by atoms with Crippen LogP contribution < -0.4 is 5.30 Å². The fourth-order valence-corrected chi connectivity index (χ4v) is 2.82. The smallest absolute Gasteiger partial charge is 0.357 e. The zero-order valence-corrected chi connectivity index (χ0v) is 9.45. The first-order valence-corrected chi connectivity index (χ1v) is 6.42. The monoisotopic (exact) mass is 237 g/mol. The van der Waals surface area contributed by atoms with E-state index >= 15 is 0 Å². The van der Waals surface area contributed by atoms with E-state index in [1.807, 2.05) is 6.07 Å². The molecule has 0 bridgehead atoms. The van der Waals surface area contributed by atoms with Gasteiger partial charge in [-0.05, 0) is 6.07 Å². The number of hydrogen-bond acceptors (Lipinski definition) is 1. The largest absolute Gasteiger partial charge is 0.358 e. The molecule has 4 nitrogen and oxygen atoms in total. The van der Waals surface area contributed by atoms with Crippen molar-refractivity contribution in [1.29, 1.82) is 0 Å². The van der Waals surface area contributed by atoms with E-state index in [1.54, 1.807) is 24.3 Å². The van der Waals surface area contributed by atoms with Crippen LogP contribution >= 0.6 is 7.60 Å². The summed E-state index contributed by atoms with van der Waals surface area (Å²) in [6, 6.07) is 7.07. The maximum absolute atomic E-state index is 11.4. The normalized spacial score (nSPS) is 11.9. The molecule has 1 aromatic carbocycles. The summed E-state index contributed by atoms with van der Waals surface area (Å²) < 4.78 is 11.4. The molecule has 0 radical (unpaired) electrons. The molecule has 0 amide bonds. The Morgan fingerprint density at radius 2 is 2.06 bits per heavy atom. The van der Waals surface area contributed by atoms with Crippen molar-refractivity contribution >= 4 is 23.8 Å².